The highest BCUT2D eigenvalue weighted by atomic mass is 35.5. The molecule has 0 atom stereocenters. The maximum Gasteiger partial charge on any atom is 0.137 e. The first-order chi connectivity index (χ1) is 6.86. The molecule has 14 heavy (non-hydrogen) atoms. The molecule has 0 amide bonds. The van der Waals surface area contributed by atoms with Gasteiger partial charge >= 0.3 is 0 Å². The molecule has 0 aromatic carbocycles. The first-order valence-electron chi connectivity index (χ1n) is 4.41. The number of unbranched alkanes of at least 4 members (excludes halogenated alkanes) is 1. The van der Waals surface area contributed by atoms with Crippen LogP contribution in [0.2, 0.25) is 0 Å². The summed E-state index contributed by atoms with van der Waals surface area (Å²) in [7, 11) is 1.61. The van der Waals surface area contributed by atoms with Crippen LogP contribution in [-0.2, 0) is 0 Å². The molecule has 1 rings (SSSR count). The Hall–Kier alpha value is -1.20. The summed E-state index contributed by atoms with van der Waals surface area (Å²) in [6.07, 6.45) is 3.40. The number of aromatic nitrogens is 1. The zero-order valence-corrected chi connectivity index (χ0v) is 8.84. The van der Waals surface area contributed by atoms with Crippen LogP contribution >= 0.6 is 11.6 Å². The quantitative estimate of drug-likeness (QED) is 0.434. The van der Waals surface area contributed by atoms with E-state index in [2.05, 4.69) is 16.8 Å². The average molecular weight is 210 g/mol. The minimum Gasteiger partial charge on any atom is -0.495 e. The fourth-order valence-electron chi connectivity index (χ4n) is 0.883. The first kappa shape index (κ1) is 10.9. The van der Waals surface area contributed by atoms with Crippen LogP contribution in [0.25, 0.3) is 0 Å². The van der Waals surface area contributed by atoms with Crippen molar-refractivity contribution in [2.75, 3.05) is 13.0 Å². The first-order valence-corrected chi connectivity index (χ1v) is 4.95. The highest BCUT2D eigenvalue weighted by Gasteiger charge is 1.90. The van der Waals surface area contributed by atoms with Crippen LogP contribution in [0.3, 0.4) is 0 Å². The number of hydrogen-bond acceptors (Lipinski definition) is 2. The van der Waals surface area contributed by atoms with E-state index in [0.717, 1.165) is 24.3 Å². The second-order valence-corrected chi connectivity index (χ2v) is 3.06. The van der Waals surface area contributed by atoms with E-state index in [-0.39, 0.29) is 0 Å². The number of rotatable bonds is 3. The van der Waals surface area contributed by atoms with Crippen LogP contribution < -0.4 is 4.74 Å². The van der Waals surface area contributed by atoms with Crippen LogP contribution in [0.4, 0.5) is 0 Å². The molecule has 0 radical (unpaired) electrons. The Morgan fingerprint density at radius 2 is 2.36 bits per heavy atom. The standard InChI is InChI=1S/C11H12ClNO/c1-14-11-7-6-10(13-9-11)5-3-2-4-8-12/h6-7,9H,2,4,8H2,1H3. The number of pyridine rings is 1. The Balaban J connectivity index is 2.53. The van der Waals surface area contributed by atoms with Crippen molar-refractivity contribution in [3.63, 3.8) is 0 Å². The van der Waals surface area contributed by atoms with Gasteiger partial charge in [-0.15, -0.1) is 11.6 Å². The van der Waals surface area contributed by atoms with E-state index >= 15 is 0 Å². The molecule has 0 aliphatic carbocycles. The predicted molar refractivity (Wildman–Crippen MR) is 57.6 cm³/mol. The Morgan fingerprint density at radius 1 is 1.50 bits per heavy atom. The molecule has 0 unspecified atom stereocenters. The van der Waals surface area contributed by atoms with E-state index in [1.54, 1.807) is 13.3 Å². The molecule has 2 nitrogen and oxygen atoms in total. The summed E-state index contributed by atoms with van der Waals surface area (Å²) in [6, 6.07) is 3.69. The fraction of sp³-hybridized carbons (Fsp3) is 0.364. The summed E-state index contributed by atoms with van der Waals surface area (Å²) in [5.74, 6) is 7.36. The van der Waals surface area contributed by atoms with Crippen molar-refractivity contribution >= 4 is 11.6 Å². The van der Waals surface area contributed by atoms with E-state index in [0.29, 0.717) is 5.88 Å². The Bertz CT molecular complexity index is 323. The lowest BCUT2D eigenvalue weighted by atomic mass is 10.3. The number of hydrogen-bond donors (Lipinski definition) is 0. The van der Waals surface area contributed by atoms with E-state index in [9.17, 15) is 0 Å². The molecule has 0 bridgehead atoms. The summed E-state index contributed by atoms with van der Waals surface area (Å²) < 4.78 is 4.98. The van der Waals surface area contributed by atoms with Gasteiger partial charge in [0.05, 0.1) is 13.3 Å². The number of methoxy groups -OCH3 is 1. The largest absolute Gasteiger partial charge is 0.495 e. The lowest BCUT2D eigenvalue weighted by Crippen LogP contribution is -1.86. The molecule has 0 N–H and O–H groups in total. The minimum absolute atomic E-state index is 0.657. The van der Waals surface area contributed by atoms with E-state index < -0.39 is 0 Å². The molecule has 0 fully saturated rings. The average Bonchev–Trinajstić information content (AvgIpc) is 2.25. The summed E-state index contributed by atoms with van der Waals surface area (Å²) in [5, 5.41) is 0. The topological polar surface area (TPSA) is 22.1 Å². The van der Waals surface area contributed by atoms with E-state index in [1.807, 2.05) is 12.1 Å². The number of ether oxygens (including phenoxy) is 1. The smallest absolute Gasteiger partial charge is 0.137 e. The predicted octanol–water partition coefficient (Wildman–Crippen LogP) is 2.46. The SMILES string of the molecule is COc1ccc(C#CCCCCl)nc1. The number of alkyl halides is 1. The maximum absolute atomic E-state index is 5.52. The van der Waals surface area contributed by atoms with Gasteiger partial charge in [-0.05, 0) is 24.5 Å². The van der Waals surface area contributed by atoms with E-state index in [1.165, 1.54) is 0 Å². The van der Waals surface area contributed by atoms with Crippen molar-refractivity contribution in [3.05, 3.63) is 24.0 Å². The Kier molecular flexibility index (Phi) is 4.88. The van der Waals surface area contributed by atoms with Crippen molar-refractivity contribution in [2.45, 2.75) is 12.8 Å². The Labute approximate surface area is 89.3 Å². The third-order valence-electron chi connectivity index (χ3n) is 1.62. The zero-order chi connectivity index (χ0) is 10.2. The van der Waals surface area contributed by atoms with Crippen LogP contribution in [-0.4, -0.2) is 18.0 Å². The molecule has 3 heteroatoms. The zero-order valence-electron chi connectivity index (χ0n) is 8.09. The van der Waals surface area contributed by atoms with Gasteiger partial charge in [0.1, 0.15) is 11.4 Å². The molecule has 0 spiro atoms. The second-order valence-electron chi connectivity index (χ2n) is 2.68. The summed E-state index contributed by atoms with van der Waals surface area (Å²) in [6.45, 7) is 0. The summed E-state index contributed by atoms with van der Waals surface area (Å²) in [4.78, 5) is 4.12. The number of halogens is 1. The molecule has 0 saturated carbocycles. The molecule has 0 saturated heterocycles. The van der Waals surface area contributed by atoms with Gasteiger partial charge in [-0.3, -0.25) is 0 Å². The maximum atomic E-state index is 5.52. The van der Waals surface area contributed by atoms with Crippen molar-refractivity contribution in [3.8, 4) is 17.6 Å². The molecule has 0 aliphatic heterocycles. The van der Waals surface area contributed by atoms with Gasteiger partial charge in [0, 0.05) is 12.3 Å². The highest BCUT2D eigenvalue weighted by molar-refractivity contribution is 6.17. The van der Waals surface area contributed by atoms with Gasteiger partial charge in [0.15, 0.2) is 0 Å². The fourth-order valence-corrected chi connectivity index (χ4v) is 1.02. The highest BCUT2D eigenvalue weighted by Crippen LogP contribution is 2.06. The normalized spacial score (nSPS) is 9.00. The van der Waals surface area contributed by atoms with Crippen LogP contribution in [0, 0.1) is 11.8 Å². The van der Waals surface area contributed by atoms with Gasteiger partial charge in [0.25, 0.3) is 0 Å². The molecule has 1 heterocycles. The van der Waals surface area contributed by atoms with Gasteiger partial charge < -0.3 is 4.74 Å². The van der Waals surface area contributed by atoms with Crippen molar-refractivity contribution in [1.29, 1.82) is 0 Å². The van der Waals surface area contributed by atoms with Crippen LogP contribution in [0.15, 0.2) is 18.3 Å². The minimum atomic E-state index is 0.657. The van der Waals surface area contributed by atoms with Crippen molar-refractivity contribution < 1.29 is 4.74 Å². The van der Waals surface area contributed by atoms with E-state index in [4.69, 9.17) is 16.3 Å². The van der Waals surface area contributed by atoms with Crippen molar-refractivity contribution in [2.24, 2.45) is 0 Å². The summed E-state index contributed by atoms with van der Waals surface area (Å²) >= 11 is 5.52. The van der Waals surface area contributed by atoms with Crippen LogP contribution in [0.1, 0.15) is 18.5 Å². The van der Waals surface area contributed by atoms with Gasteiger partial charge in [-0.25, -0.2) is 4.98 Å². The molecule has 74 valence electrons. The second kappa shape index (κ2) is 6.28. The molecule has 0 aliphatic rings. The Morgan fingerprint density at radius 3 is 2.93 bits per heavy atom. The third-order valence-corrected chi connectivity index (χ3v) is 1.89. The van der Waals surface area contributed by atoms with Crippen LogP contribution in [0.5, 0.6) is 5.75 Å². The monoisotopic (exact) mass is 209 g/mol. The molecular formula is C11H12ClNO. The van der Waals surface area contributed by atoms with Gasteiger partial charge in [-0.2, -0.15) is 0 Å². The summed E-state index contributed by atoms with van der Waals surface area (Å²) in [5.41, 5.74) is 0.764. The third kappa shape index (κ3) is 3.68. The van der Waals surface area contributed by atoms with Crippen molar-refractivity contribution in [1.82, 2.24) is 4.98 Å². The van der Waals surface area contributed by atoms with Gasteiger partial charge in [0.2, 0.25) is 0 Å². The molecule has 1 aromatic heterocycles. The van der Waals surface area contributed by atoms with Gasteiger partial charge in [-0.1, -0.05) is 5.92 Å². The lowest BCUT2D eigenvalue weighted by molar-refractivity contribution is 0.413. The lowest BCUT2D eigenvalue weighted by Gasteiger charge is -1.96. The number of nitrogens with zero attached hydrogens (tertiary/aromatic N) is 1. The molecular weight excluding hydrogens is 198 g/mol. The molecule has 1 aromatic rings.